The smallest absolute Gasteiger partial charge is 0.253 e. The van der Waals surface area contributed by atoms with Crippen LogP contribution in [0.3, 0.4) is 0 Å². The van der Waals surface area contributed by atoms with Crippen LogP contribution in [0.2, 0.25) is 0 Å². The van der Waals surface area contributed by atoms with Gasteiger partial charge in [0.15, 0.2) is 0 Å². The van der Waals surface area contributed by atoms with E-state index in [0.29, 0.717) is 11.6 Å². The van der Waals surface area contributed by atoms with Gasteiger partial charge in [-0.25, -0.2) is 4.68 Å². The molecular formula is C17H22N6O. The van der Waals surface area contributed by atoms with Gasteiger partial charge in [-0.2, -0.15) is 0 Å². The summed E-state index contributed by atoms with van der Waals surface area (Å²) in [4.78, 5) is 17.5. The summed E-state index contributed by atoms with van der Waals surface area (Å²) >= 11 is 0. The Morgan fingerprint density at radius 3 is 2.79 bits per heavy atom. The van der Waals surface area contributed by atoms with Gasteiger partial charge in [-0.15, -0.1) is 5.10 Å². The van der Waals surface area contributed by atoms with E-state index in [1.54, 1.807) is 4.68 Å². The highest BCUT2D eigenvalue weighted by Gasteiger charge is 2.29. The highest BCUT2D eigenvalue weighted by molar-refractivity contribution is 5.94. The predicted molar refractivity (Wildman–Crippen MR) is 88.9 cm³/mol. The van der Waals surface area contributed by atoms with Crippen LogP contribution in [0.25, 0.3) is 5.69 Å². The first kappa shape index (κ1) is 15.3. The van der Waals surface area contributed by atoms with Gasteiger partial charge in [0.2, 0.25) is 0 Å². The molecular weight excluding hydrogens is 304 g/mol. The molecule has 0 N–H and O–H groups in total. The first-order valence-electron chi connectivity index (χ1n) is 8.68. The number of benzene rings is 1. The number of nitrogens with zero attached hydrogens (tertiary/aromatic N) is 6. The third-order valence-corrected chi connectivity index (χ3v) is 5.05. The first-order chi connectivity index (χ1) is 11.8. The first-order valence-corrected chi connectivity index (χ1v) is 8.68. The van der Waals surface area contributed by atoms with E-state index in [4.69, 9.17) is 0 Å². The summed E-state index contributed by atoms with van der Waals surface area (Å²) in [6.45, 7) is 4.05. The van der Waals surface area contributed by atoms with E-state index in [1.165, 1.54) is 38.7 Å². The van der Waals surface area contributed by atoms with Gasteiger partial charge in [0.1, 0.15) is 6.33 Å². The van der Waals surface area contributed by atoms with Crippen LogP contribution < -0.4 is 0 Å². The molecule has 2 saturated heterocycles. The molecule has 3 heterocycles. The van der Waals surface area contributed by atoms with Crippen molar-refractivity contribution < 1.29 is 4.79 Å². The highest BCUT2D eigenvalue weighted by Crippen LogP contribution is 2.22. The number of piperidine rings is 1. The van der Waals surface area contributed by atoms with Crippen LogP contribution >= 0.6 is 0 Å². The van der Waals surface area contributed by atoms with Gasteiger partial charge in [0.05, 0.1) is 5.69 Å². The fraction of sp³-hybridized carbons (Fsp3) is 0.529. The Bertz CT molecular complexity index is 695. The second-order valence-electron chi connectivity index (χ2n) is 6.60. The molecule has 7 nitrogen and oxygen atoms in total. The van der Waals surface area contributed by atoms with E-state index < -0.39 is 0 Å². The maximum atomic E-state index is 12.9. The molecule has 2 fully saturated rings. The molecule has 1 aromatic carbocycles. The SMILES string of the molecule is O=C(c1cccc(-n2cnnn2)c1)N1CCC[C@@H](N2CCCC2)C1. The van der Waals surface area contributed by atoms with Crippen LogP contribution in [0, 0.1) is 0 Å². The van der Waals surface area contributed by atoms with Crippen molar-refractivity contribution in [3.63, 3.8) is 0 Å². The number of amides is 1. The van der Waals surface area contributed by atoms with Crippen molar-refractivity contribution >= 4 is 5.91 Å². The number of hydrogen-bond donors (Lipinski definition) is 0. The Morgan fingerprint density at radius 1 is 1.12 bits per heavy atom. The quantitative estimate of drug-likeness (QED) is 0.852. The molecule has 2 aliphatic heterocycles. The molecule has 126 valence electrons. The minimum Gasteiger partial charge on any atom is -0.337 e. The average molecular weight is 326 g/mol. The van der Waals surface area contributed by atoms with Crippen LogP contribution in [-0.4, -0.2) is 68.1 Å². The molecule has 0 spiro atoms. The molecule has 0 bridgehead atoms. The van der Waals surface area contributed by atoms with Gasteiger partial charge in [0, 0.05) is 24.7 Å². The minimum absolute atomic E-state index is 0.105. The summed E-state index contributed by atoms with van der Waals surface area (Å²) in [5.41, 5.74) is 1.50. The van der Waals surface area contributed by atoms with Crippen LogP contribution in [-0.2, 0) is 0 Å². The Hall–Kier alpha value is -2.28. The van der Waals surface area contributed by atoms with Crippen molar-refractivity contribution in [3.8, 4) is 5.69 Å². The lowest BCUT2D eigenvalue weighted by molar-refractivity contribution is 0.0608. The van der Waals surface area contributed by atoms with Gasteiger partial charge < -0.3 is 4.90 Å². The molecule has 7 heteroatoms. The van der Waals surface area contributed by atoms with Gasteiger partial charge >= 0.3 is 0 Å². The third-order valence-electron chi connectivity index (χ3n) is 5.05. The zero-order chi connectivity index (χ0) is 16.4. The lowest BCUT2D eigenvalue weighted by Gasteiger charge is -2.37. The summed E-state index contributed by atoms with van der Waals surface area (Å²) < 4.78 is 1.57. The maximum Gasteiger partial charge on any atom is 0.253 e. The summed E-state index contributed by atoms with van der Waals surface area (Å²) in [7, 11) is 0. The number of tetrazole rings is 1. The van der Waals surface area contributed by atoms with E-state index in [1.807, 2.05) is 29.2 Å². The molecule has 4 rings (SSSR count). The summed E-state index contributed by atoms with van der Waals surface area (Å²) in [5, 5.41) is 11.2. The molecule has 0 aliphatic carbocycles. The molecule has 0 radical (unpaired) electrons. The number of carbonyl (C=O) groups excluding carboxylic acids is 1. The largest absolute Gasteiger partial charge is 0.337 e. The van der Waals surface area contributed by atoms with Crippen LogP contribution in [0.15, 0.2) is 30.6 Å². The molecule has 0 saturated carbocycles. The second kappa shape index (κ2) is 6.68. The van der Waals surface area contributed by atoms with Crippen LogP contribution in [0.4, 0.5) is 0 Å². The molecule has 2 aromatic rings. The Labute approximate surface area is 141 Å². The number of aromatic nitrogens is 4. The zero-order valence-corrected chi connectivity index (χ0v) is 13.7. The van der Waals surface area contributed by atoms with Gasteiger partial charge in [-0.3, -0.25) is 9.69 Å². The highest BCUT2D eigenvalue weighted by atomic mass is 16.2. The van der Waals surface area contributed by atoms with Crippen LogP contribution in [0.5, 0.6) is 0 Å². The number of hydrogen-bond acceptors (Lipinski definition) is 5. The van der Waals surface area contributed by atoms with Gasteiger partial charge in [0.25, 0.3) is 5.91 Å². The second-order valence-corrected chi connectivity index (χ2v) is 6.60. The van der Waals surface area contributed by atoms with Crippen molar-refractivity contribution in [3.05, 3.63) is 36.2 Å². The van der Waals surface area contributed by atoms with Crippen molar-refractivity contribution in [2.45, 2.75) is 31.7 Å². The summed E-state index contributed by atoms with van der Waals surface area (Å²) in [6.07, 6.45) is 6.40. The Kier molecular flexibility index (Phi) is 4.25. The molecule has 2 aliphatic rings. The van der Waals surface area contributed by atoms with Crippen LogP contribution in [0.1, 0.15) is 36.0 Å². The van der Waals surface area contributed by atoms with Crippen molar-refractivity contribution in [2.75, 3.05) is 26.2 Å². The molecule has 1 aromatic heterocycles. The molecule has 1 atom stereocenters. The standard InChI is InChI=1S/C17H22N6O/c24-17(14-5-3-6-15(11-14)23-13-18-19-20-23)22-10-4-7-16(12-22)21-8-1-2-9-21/h3,5-6,11,13,16H,1-2,4,7-10,12H2/t16-/m1/s1. The molecule has 0 unspecified atom stereocenters. The molecule has 1 amide bonds. The van der Waals surface area contributed by atoms with Crippen molar-refractivity contribution in [2.24, 2.45) is 0 Å². The van der Waals surface area contributed by atoms with Gasteiger partial charge in [-0.1, -0.05) is 6.07 Å². The van der Waals surface area contributed by atoms with E-state index in [0.717, 1.165) is 25.2 Å². The molecule has 24 heavy (non-hydrogen) atoms. The van der Waals surface area contributed by atoms with E-state index in [-0.39, 0.29) is 5.91 Å². The fourth-order valence-electron chi connectivity index (χ4n) is 3.79. The summed E-state index contributed by atoms with van der Waals surface area (Å²) in [5.74, 6) is 0.105. The number of rotatable bonds is 3. The Morgan fingerprint density at radius 2 is 2.00 bits per heavy atom. The summed E-state index contributed by atoms with van der Waals surface area (Å²) in [6, 6.07) is 8.03. The minimum atomic E-state index is 0.105. The van der Waals surface area contributed by atoms with Crippen molar-refractivity contribution in [1.82, 2.24) is 30.0 Å². The van der Waals surface area contributed by atoms with E-state index in [2.05, 4.69) is 20.4 Å². The Balaban J connectivity index is 1.49. The maximum absolute atomic E-state index is 12.9. The topological polar surface area (TPSA) is 67.2 Å². The lowest BCUT2D eigenvalue weighted by Crippen LogP contribution is -2.49. The lowest BCUT2D eigenvalue weighted by atomic mass is 10.0. The van der Waals surface area contributed by atoms with E-state index >= 15 is 0 Å². The number of likely N-dealkylation sites (tertiary alicyclic amines) is 2. The zero-order valence-electron chi connectivity index (χ0n) is 13.7. The average Bonchev–Trinajstić information content (AvgIpc) is 3.35. The third kappa shape index (κ3) is 3.03. The van der Waals surface area contributed by atoms with Crippen molar-refractivity contribution in [1.29, 1.82) is 0 Å². The fourth-order valence-corrected chi connectivity index (χ4v) is 3.79. The van der Waals surface area contributed by atoms with E-state index in [9.17, 15) is 4.79 Å². The monoisotopic (exact) mass is 326 g/mol. The predicted octanol–water partition coefficient (Wildman–Crippen LogP) is 1.36. The number of carbonyl (C=O) groups is 1. The normalized spacial score (nSPS) is 22.0. The van der Waals surface area contributed by atoms with Gasteiger partial charge in [-0.05, 0) is 67.4 Å².